The smallest absolute Gasteiger partial charge is 0.152 e. The van der Waals surface area contributed by atoms with Gasteiger partial charge in [-0.3, -0.25) is 0 Å². The summed E-state index contributed by atoms with van der Waals surface area (Å²) in [4.78, 5) is 4.48. The minimum atomic E-state index is 0.312. The molecule has 94 valence electrons. The van der Waals surface area contributed by atoms with Gasteiger partial charge in [0.15, 0.2) is 5.82 Å². The Balaban J connectivity index is 0.000000686. The van der Waals surface area contributed by atoms with E-state index in [-0.39, 0.29) is 0 Å². The molecule has 0 aromatic carbocycles. The van der Waals surface area contributed by atoms with Gasteiger partial charge in [0, 0.05) is 5.92 Å². The Bertz CT molecular complexity index is 515. The number of hydrogen-bond donors (Lipinski definition) is 0. The molecule has 0 saturated carbocycles. The van der Waals surface area contributed by atoms with Gasteiger partial charge in [-0.15, -0.1) is 0 Å². The van der Waals surface area contributed by atoms with Crippen molar-refractivity contribution in [2.24, 2.45) is 0 Å². The lowest BCUT2D eigenvalue weighted by molar-refractivity contribution is 0.712. The van der Waals surface area contributed by atoms with Crippen LogP contribution in [0.3, 0.4) is 0 Å². The van der Waals surface area contributed by atoms with Gasteiger partial charge in [0.1, 0.15) is 5.15 Å². The first-order valence-corrected chi connectivity index (χ1v) is 6.41. The van der Waals surface area contributed by atoms with Crippen molar-refractivity contribution in [3.8, 4) is 0 Å². The summed E-state index contributed by atoms with van der Waals surface area (Å²) in [6, 6.07) is 1.92. The van der Waals surface area contributed by atoms with Crippen LogP contribution in [0.15, 0.2) is 6.07 Å². The zero-order valence-corrected chi connectivity index (χ0v) is 12.1. The van der Waals surface area contributed by atoms with Crippen LogP contribution in [-0.4, -0.2) is 14.6 Å². The van der Waals surface area contributed by atoms with Crippen LogP contribution in [0.1, 0.15) is 50.7 Å². The summed E-state index contributed by atoms with van der Waals surface area (Å²) in [5.41, 5.74) is 3.12. The van der Waals surface area contributed by atoms with Crippen molar-refractivity contribution >= 4 is 17.1 Å². The van der Waals surface area contributed by atoms with Crippen molar-refractivity contribution in [1.29, 1.82) is 0 Å². The van der Waals surface area contributed by atoms with Crippen molar-refractivity contribution < 1.29 is 0 Å². The average Bonchev–Trinajstić information content (AvgIpc) is 2.57. The van der Waals surface area contributed by atoms with Gasteiger partial charge >= 0.3 is 0 Å². The third kappa shape index (κ3) is 2.60. The monoisotopic (exact) mass is 253 g/mol. The van der Waals surface area contributed by atoms with Crippen molar-refractivity contribution in [2.75, 3.05) is 0 Å². The molecule has 2 aromatic heterocycles. The SMILES string of the molecule is CC.Cc1cc(Cl)n2nc(C(C)C)nc(C)c12. The Kier molecular flexibility index (Phi) is 4.52. The number of fused-ring (bicyclic) bond motifs is 1. The molecular formula is C13H20ClN3. The summed E-state index contributed by atoms with van der Waals surface area (Å²) >= 11 is 6.10. The third-order valence-corrected chi connectivity index (χ3v) is 2.74. The predicted molar refractivity (Wildman–Crippen MR) is 72.9 cm³/mol. The third-order valence-electron chi connectivity index (χ3n) is 2.47. The van der Waals surface area contributed by atoms with Crippen LogP contribution in [0, 0.1) is 13.8 Å². The Morgan fingerprint density at radius 2 is 1.82 bits per heavy atom. The minimum absolute atomic E-state index is 0.312. The lowest BCUT2D eigenvalue weighted by Gasteiger charge is -2.07. The maximum Gasteiger partial charge on any atom is 0.152 e. The summed E-state index contributed by atoms with van der Waals surface area (Å²) in [5, 5.41) is 5.08. The van der Waals surface area contributed by atoms with Crippen molar-refractivity contribution in [1.82, 2.24) is 14.6 Å². The van der Waals surface area contributed by atoms with E-state index in [1.165, 1.54) is 0 Å². The lowest BCUT2D eigenvalue weighted by Crippen LogP contribution is -2.06. The standard InChI is InChI=1S/C11H14ClN3.C2H6/c1-6(2)11-13-8(4)10-7(3)5-9(12)15(10)14-11;1-2/h5-6H,1-4H3;1-2H3. The topological polar surface area (TPSA) is 30.2 Å². The van der Waals surface area contributed by atoms with Gasteiger partial charge in [0.2, 0.25) is 0 Å². The molecular weight excluding hydrogens is 234 g/mol. The number of aryl methyl sites for hydroxylation is 2. The van der Waals surface area contributed by atoms with E-state index in [0.29, 0.717) is 11.1 Å². The number of rotatable bonds is 1. The van der Waals surface area contributed by atoms with Gasteiger partial charge in [-0.1, -0.05) is 39.3 Å². The summed E-state index contributed by atoms with van der Waals surface area (Å²) in [6.45, 7) is 12.2. The highest BCUT2D eigenvalue weighted by Crippen LogP contribution is 2.22. The molecule has 4 heteroatoms. The zero-order valence-electron chi connectivity index (χ0n) is 11.4. The van der Waals surface area contributed by atoms with E-state index in [9.17, 15) is 0 Å². The molecule has 0 aliphatic rings. The van der Waals surface area contributed by atoms with Crippen LogP contribution in [0.5, 0.6) is 0 Å². The van der Waals surface area contributed by atoms with Crippen molar-refractivity contribution in [2.45, 2.75) is 47.5 Å². The Morgan fingerprint density at radius 1 is 1.24 bits per heavy atom. The normalized spacial score (nSPS) is 10.6. The maximum absolute atomic E-state index is 6.10. The van der Waals surface area contributed by atoms with Crippen LogP contribution in [-0.2, 0) is 0 Å². The second-order valence-corrected chi connectivity index (χ2v) is 4.51. The van der Waals surface area contributed by atoms with Crippen LogP contribution < -0.4 is 0 Å². The van der Waals surface area contributed by atoms with Crippen LogP contribution in [0.25, 0.3) is 5.52 Å². The van der Waals surface area contributed by atoms with Crippen LogP contribution >= 0.6 is 11.6 Å². The fourth-order valence-electron chi connectivity index (χ4n) is 1.71. The molecule has 2 aromatic rings. The molecule has 0 unspecified atom stereocenters. The molecule has 0 saturated heterocycles. The lowest BCUT2D eigenvalue weighted by atomic mass is 10.2. The van der Waals surface area contributed by atoms with E-state index in [1.54, 1.807) is 4.52 Å². The summed E-state index contributed by atoms with van der Waals surface area (Å²) < 4.78 is 1.77. The minimum Gasteiger partial charge on any atom is -0.234 e. The molecule has 0 spiro atoms. The Morgan fingerprint density at radius 3 is 2.35 bits per heavy atom. The van der Waals surface area contributed by atoms with E-state index in [2.05, 4.69) is 23.9 Å². The van der Waals surface area contributed by atoms with Gasteiger partial charge in [-0.25, -0.2) is 9.50 Å². The van der Waals surface area contributed by atoms with E-state index in [0.717, 1.165) is 22.6 Å². The maximum atomic E-state index is 6.10. The zero-order chi connectivity index (χ0) is 13.2. The molecule has 0 bridgehead atoms. The molecule has 3 nitrogen and oxygen atoms in total. The van der Waals surface area contributed by atoms with Gasteiger partial charge in [-0.05, 0) is 25.5 Å². The van der Waals surface area contributed by atoms with Crippen LogP contribution in [0.2, 0.25) is 5.15 Å². The number of hydrogen-bond acceptors (Lipinski definition) is 2. The van der Waals surface area contributed by atoms with E-state index in [1.807, 2.05) is 33.8 Å². The second kappa shape index (κ2) is 5.50. The molecule has 0 fully saturated rings. The summed E-state index contributed by atoms with van der Waals surface area (Å²) in [5.74, 6) is 1.14. The quantitative estimate of drug-likeness (QED) is 0.764. The molecule has 17 heavy (non-hydrogen) atoms. The molecule has 0 N–H and O–H groups in total. The van der Waals surface area contributed by atoms with E-state index in [4.69, 9.17) is 11.6 Å². The van der Waals surface area contributed by atoms with Gasteiger partial charge in [-0.2, -0.15) is 5.10 Å². The summed E-state index contributed by atoms with van der Waals surface area (Å²) in [6.07, 6.45) is 0. The predicted octanol–water partition coefficient (Wildman–Crippen LogP) is 4.15. The van der Waals surface area contributed by atoms with E-state index < -0.39 is 0 Å². The molecule has 0 radical (unpaired) electrons. The fraction of sp³-hybridized carbons (Fsp3) is 0.538. The highest BCUT2D eigenvalue weighted by atomic mass is 35.5. The van der Waals surface area contributed by atoms with Gasteiger partial charge < -0.3 is 0 Å². The Hall–Kier alpha value is -1.09. The first-order chi connectivity index (χ1) is 8.00. The Labute approximate surface area is 108 Å². The van der Waals surface area contributed by atoms with Crippen LogP contribution in [0.4, 0.5) is 0 Å². The van der Waals surface area contributed by atoms with Gasteiger partial charge in [0.25, 0.3) is 0 Å². The molecule has 2 heterocycles. The largest absolute Gasteiger partial charge is 0.234 e. The molecule has 0 atom stereocenters. The number of halogens is 1. The molecule has 0 amide bonds. The van der Waals surface area contributed by atoms with Crippen molar-refractivity contribution in [3.63, 3.8) is 0 Å². The molecule has 0 aliphatic carbocycles. The fourth-order valence-corrected chi connectivity index (χ4v) is 2.00. The molecule has 0 aliphatic heterocycles. The van der Waals surface area contributed by atoms with Gasteiger partial charge in [0.05, 0.1) is 11.2 Å². The summed E-state index contributed by atoms with van der Waals surface area (Å²) in [7, 11) is 0. The highest BCUT2D eigenvalue weighted by molar-refractivity contribution is 6.30. The first kappa shape index (κ1) is 14.0. The average molecular weight is 254 g/mol. The first-order valence-electron chi connectivity index (χ1n) is 6.03. The highest BCUT2D eigenvalue weighted by Gasteiger charge is 2.12. The second-order valence-electron chi connectivity index (χ2n) is 4.12. The number of nitrogens with zero attached hydrogens (tertiary/aromatic N) is 3. The molecule has 2 rings (SSSR count). The van der Waals surface area contributed by atoms with E-state index >= 15 is 0 Å². The number of aromatic nitrogens is 3. The van der Waals surface area contributed by atoms with Crippen molar-refractivity contribution in [3.05, 3.63) is 28.3 Å².